The highest BCUT2D eigenvalue weighted by molar-refractivity contribution is 5.48. The van der Waals surface area contributed by atoms with Crippen LogP contribution in [0.5, 0.6) is 5.75 Å². The fourth-order valence-corrected chi connectivity index (χ4v) is 1.26. The third-order valence-corrected chi connectivity index (χ3v) is 2.09. The maximum Gasteiger partial charge on any atom is 0.310 e. The Labute approximate surface area is 98.2 Å². The zero-order valence-electron chi connectivity index (χ0n) is 9.13. The second-order valence-electron chi connectivity index (χ2n) is 3.33. The summed E-state index contributed by atoms with van der Waals surface area (Å²) in [6.45, 7) is 0.0375. The van der Waals surface area contributed by atoms with E-state index in [0.717, 1.165) is 0 Å². The van der Waals surface area contributed by atoms with Crippen molar-refractivity contribution < 1.29 is 14.8 Å². The number of nitriles is 1. The predicted molar refractivity (Wildman–Crippen MR) is 59.4 cm³/mol. The van der Waals surface area contributed by atoms with Crippen molar-refractivity contribution in [3.05, 3.63) is 33.9 Å². The number of hydrogen-bond acceptors (Lipinski definition) is 5. The molecular weight excluding hydrogens is 224 g/mol. The van der Waals surface area contributed by atoms with Crippen molar-refractivity contribution in [1.82, 2.24) is 0 Å². The molecule has 0 saturated heterocycles. The number of aliphatic hydroxyl groups is 1. The van der Waals surface area contributed by atoms with Crippen LogP contribution in [0.1, 0.15) is 18.4 Å². The van der Waals surface area contributed by atoms with Crippen LogP contribution < -0.4 is 4.74 Å². The van der Waals surface area contributed by atoms with Crippen molar-refractivity contribution in [2.45, 2.75) is 19.4 Å². The smallest absolute Gasteiger partial charge is 0.310 e. The molecule has 0 spiro atoms. The van der Waals surface area contributed by atoms with Gasteiger partial charge < -0.3 is 9.84 Å². The Balaban J connectivity index is 2.79. The summed E-state index contributed by atoms with van der Waals surface area (Å²) in [7, 11) is 0. The molecular formula is C11H12N2O4. The van der Waals surface area contributed by atoms with Gasteiger partial charge in [0.1, 0.15) is 0 Å². The van der Waals surface area contributed by atoms with Gasteiger partial charge in [-0.05, 0) is 24.1 Å². The van der Waals surface area contributed by atoms with Gasteiger partial charge in [-0.3, -0.25) is 10.1 Å². The summed E-state index contributed by atoms with van der Waals surface area (Å²) >= 11 is 0. The predicted octanol–water partition coefficient (Wildman–Crippen LogP) is 1.77. The maximum absolute atomic E-state index is 10.7. The van der Waals surface area contributed by atoms with E-state index in [9.17, 15) is 10.1 Å². The van der Waals surface area contributed by atoms with E-state index in [0.29, 0.717) is 18.4 Å². The fraction of sp³-hybridized carbons (Fsp3) is 0.364. The van der Waals surface area contributed by atoms with Crippen LogP contribution in [-0.2, 0) is 6.61 Å². The molecule has 0 amide bonds. The molecule has 0 radical (unpaired) electrons. The lowest BCUT2D eigenvalue weighted by Gasteiger charge is -2.06. The average Bonchev–Trinajstić information content (AvgIpc) is 2.34. The Hall–Kier alpha value is -2.13. The first kappa shape index (κ1) is 12.9. The van der Waals surface area contributed by atoms with Gasteiger partial charge in [-0.25, -0.2) is 0 Å². The number of nitro groups is 1. The van der Waals surface area contributed by atoms with Gasteiger partial charge in [-0.1, -0.05) is 0 Å². The lowest BCUT2D eigenvalue weighted by molar-refractivity contribution is -0.385. The molecule has 17 heavy (non-hydrogen) atoms. The molecule has 0 aliphatic rings. The molecule has 0 heterocycles. The quantitative estimate of drug-likeness (QED) is 0.461. The van der Waals surface area contributed by atoms with E-state index in [1.165, 1.54) is 18.2 Å². The van der Waals surface area contributed by atoms with Crippen LogP contribution in [0.2, 0.25) is 0 Å². The molecule has 0 unspecified atom stereocenters. The van der Waals surface area contributed by atoms with Gasteiger partial charge in [-0.15, -0.1) is 0 Å². The summed E-state index contributed by atoms with van der Waals surface area (Å²) < 4.78 is 5.24. The third-order valence-electron chi connectivity index (χ3n) is 2.09. The molecule has 6 nitrogen and oxygen atoms in total. The van der Waals surface area contributed by atoms with Crippen molar-refractivity contribution in [3.8, 4) is 11.8 Å². The minimum absolute atomic E-state index is 0.125. The van der Waals surface area contributed by atoms with E-state index in [4.69, 9.17) is 15.1 Å². The van der Waals surface area contributed by atoms with Crippen LogP contribution in [0.4, 0.5) is 5.69 Å². The first-order valence-electron chi connectivity index (χ1n) is 5.07. The highest BCUT2D eigenvalue weighted by Gasteiger charge is 2.15. The van der Waals surface area contributed by atoms with Crippen molar-refractivity contribution in [2.75, 3.05) is 6.61 Å². The number of unbranched alkanes of at least 4 members (excludes halogenated alkanes) is 1. The largest absolute Gasteiger partial charge is 0.487 e. The van der Waals surface area contributed by atoms with Crippen LogP contribution >= 0.6 is 0 Å². The number of rotatable bonds is 6. The first-order chi connectivity index (χ1) is 8.19. The van der Waals surface area contributed by atoms with Crippen LogP contribution in [0.15, 0.2) is 18.2 Å². The molecule has 1 aromatic rings. The lowest BCUT2D eigenvalue weighted by atomic mass is 10.2. The van der Waals surface area contributed by atoms with Gasteiger partial charge in [-0.2, -0.15) is 5.26 Å². The SMILES string of the molecule is N#CCCCOc1cc(CO)ccc1[N+](=O)[O-]. The molecule has 0 aliphatic heterocycles. The van der Waals surface area contributed by atoms with Crippen molar-refractivity contribution >= 4 is 5.69 Å². The minimum atomic E-state index is -0.541. The summed E-state index contributed by atoms with van der Waals surface area (Å²) in [5.74, 6) is 0.125. The molecule has 0 fully saturated rings. The van der Waals surface area contributed by atoms with Crippen molar-refractivity contribution in [3.63, 3.8) is 0 Å². The van der Waals surface area contributed by atoms with Gasteiger partial charge in [0.15, 0.2) is 5.75 Å². The normalized spacial score (nSPS) is 9.65. The number of nitrogens with zero attached hydrogens (tertiary/aromatic N) is 2. The van der Waals surface area contributed by atoms with E-state index in [1.54, 1.807) is 0 Å². The van der Waals surface area contributed by atoms with E-state index in [-0.39, 0.29) is 24.7 Å². The molecule has 1 rings (SSSR count). The second kappa shape index (κ2) is 6.45. The number of aliphatic hydroxyl groups excluding tert-OH is 1. The van der Waals surface area contributed by atoms with Crippen molar-refractivity contribution in [1.29, 1.82) is 5.26 Å². The Morgan fingerprint density at radius 1 is 1.53 bits per heavy atom. The summed E-state index contributed by atoms with van der Waals surface area (Å²) in [5, 5.41) is 28.0. The third kappa shape index (κ3) is 3.74. The molecule has 90 valence electrons. The van der Waals surface area contributed by atoms with Gasteiger partial charge in [0, 0.05) is 12.5 Å². The Bertz CT molecular complexity index is 440. The van der Waals surface area contributed by atoms with Gasteiger partial charge in [0.2, 0.25) is 0 Å². The molecule has 0 saturated carbocycles. The summed E-state index contributed by atoms with van der Waals surface area (Å²) in [4.78, 5) is 10.2. The number of nitro benzene ring substituents is 1. The topological polar surface area (TPSA) is 96.4 Å². The average molecular weight is 236 g/mol. The zero-order chi connectivity index (χ0) is 12.7. The lowest BCUT2D eigenvalue weighted by Crippen LogP contribution is -2.01. The van der Waals surface area contributed by atoms with E-state index >= 15 is 0 Å². The monoisotopic (exact) mass is 236 g/mol. The Morgan fingerprint density at radius 3 is 2.88 bits per heavy atom. The van der Waals surface area contributed by atoms with Crippen LogP contribution in [0.3, 0.4) is 0 Å². The van der Waals surface area contributed by atoms with Gasteiger partial charge >= 0.3 is 5.69 Å². The molecule has 0 bridgehead atoms. The molecule has 0 atom stereocenters. The minimum Gasteiger partial charge on any atom is -0.487 e. The second-order valence-corrected chi connectivity index (χ2v) is 3.33. The number of benzene rings is 1. The summed E-state index contributed by atoms with van der Waals surface area (Å²) in [5.41, 5.74) is 0.407. The maximum atomic E-state index is 10.7. The molecule has 0 aliphatic carbocycles. The van der Waals surface area contributed by atoms with Gasteiger partial charge in [0.05, 0.1) is 24.2 Å². The molecule has 1 aromatic carbocycles. The summed E-state index contributed by atoms with van der Waals surface area (Å²) in [6.07, 6.45) is 0.852. The summed E-state index contributed by atoms with van der Waals surface area (Å²) in [6, 6.07) is 6.16. The van der Waals surface area contributed by atoms with Crippen LogP contribution in [-0.4, -0.2) is 16.6 Å². The van der Waals surface area contributed by atoms with Crippen LogP contribution in [0, 0.1) is 21.4 Å². The van der Waals surface area contributed by atoms with Crippen molar-refractivity contribution in [2.24, 2.45) is 0 Å². The molecule has 6 heteroatoms. The van der Waals surface area contributed by atoms with Crippen LogP contribution in [0.25, 0.3) is 0 Å². The highest BCUT2D eigenvalue weighted by Crippen LogP contribution is 2.28. The standard InChI is InChI=1S/C11H12N2O4/c12-5-1-2-6-17-11-7-9(8-14)3-4-10(11)13(15)16/h3-4,7,14H,1-2,6,8H2. The fourth-order valence-electron chi connectivity index (χ4n) is 1.26. The Morgan fingerprint density at radius 2 is 2.29 bits per heavy atom. The van der Waals surface area contributed by atoms with E-state index in [1.807, 2.05) is 6.07 Å². The van der Waals surface area contributed by atoms with Gasteiger partial charge in [0.25, 0.3) is 0 Å². The van der Waals surface area contributed by atoms with E-state index < -0.39 is 4.92 Å². The van der Waals surface area contributed by atoms with E-state index in [2.05, 4.69) is 0 Å². The number of hydrogen-bond donors (Lipinski definition) is 1. The highest BCUT2D eigenvalue weighted by atomic mass is 16.6. The molecule has 1 N–H and O–H groups in total. The first-order valence-corrected chi connectivity index (χ1v) is 5.07. The Kier molecular flexibility index (Phi) is 4.91. The number of ether oxygens (including phenoxy) is 1. The zero-order valence-corrected chi connectivity index (χ0v) is 9.13. The molecule has 0 aromatic heterocycles.